The van der Waals surface area contributed by atoms with E-state index >= 15 is 0 Å². The molecule has 0 aliphatic carbocycles. The van der Waals surface area contributed by atoms with E-state index in [1.165, 1.54) is 83.5 Å². The standard InChI is InChI=1S/C49H88O14/c1-3-5-7-9-11-13-15-17-18-19-21-23-25-27-29-31-33-58-35-38(61-41(51)32-30-28-26-24-22-20-16-14-12-10-8-6-4-2)36-59-48-47(57)45(55)43(53)40(63-48)37-60-49-46(56)44(54)42(52)39(34-50)62-49/h6,8,12,14,20,22,38-40,42-50,52-57H,3-5,7,9-11,13,15-19,21,23-37H2,1-2H3/b8-6-,14-12-,22-20-. The second-order valence-corrected chi connectivity index (χ2v) is 17.3. The molecule has 63 heavy (non-hydrogen) atoms. The van der Waals surface area contributed by atoms with Crippen LogP contribution in [0.4, 0.5) is 0 Å². The lowest BCUT2D eigenvalue weighted by Crippen LogP contribution is -2.61. The summed E-state index contributed by atoms with van der Waals surface area (Å²) in [5.74, 6) is -0.404. The Balaban J connectivity index is 1.79. The number of allylic oxidation sites excluding steroid dienone is 6. The van der Waals surface area contributed by atoms with Crippen LogP contribution < -0.4 is 0 Å². The van der Waals surface area contributed by atoms with Crippen LogP contribution in [-0.4, -0.2) is 142 Å². The van der Waals surface area contributed by atoms with Gasteiger partial charge in [-0.3, -0.25) is 4.79 Å². The third kappa shape index (κ3) is 25.6. The quantitative estimate of drug-likeness (QED) is 0.0197. The van der Waals surface area contributed by atoms with Gasteiger partial charge < -0.3 is 64.2 Å². The monoisotopic (exact) mass is 901 g/mol. The van der Waals surface area contributed by atoms with Crippen LogP contribution in [0.3, 0.4) is 0 Å². The minimum absolute atomic E-state index is 0.0518. The molecule has 0 amide bonds. The molecule has 7 N–H and O–H groups in total. The maximum Gasteiger partial charge on any atom is 0.306 e. The van der Waals surface area contributed by atoms with Gasteiger partial charge in [-0.1, -0.05) is 153 Å². The van der Waals surface area contributed by atoms with Gasteiger partial charge in [0.25, 0.3) is 0 Å². The Kier molecular flexibility index (Phi) is 34.0. The van der Waals surface area contributed by atoms with Gasteiger partial charge in [0.2, 0.25) is 0 Å². The summed E-state index contributed by atoms with van der Waals surface area (Å²) in [5.41, 5.74) is 0. The topological polar surface area (TPSA) is 214 Å². The van der Waals surface area contributed by atoms with Gasteiger partial charge in [-0.2, -0.15) is 0 Å². The number of esters is 1. The highest BCUT2D eigenvalue weighted by Gasteiger charge is 2.47. The van der Waals surface area contributed by atoms with Gasteiger partial charge in [0.05, 0.1) is 26.4 Å². The Morgan fingerprint density at radius 2 is 1.03 bits per heavy atom. The molecule has 2 aliphatic rings. The predicted molar refractivity (Wildman–Crippen MR) is 243 cm³/mol. The van der Waals surface area contributed by atoms with E-state index in [1.54, 1.807) is 0 Å². The second kappa shape index (κ2) is 37.3. The van der Waals surface area contributed by atoms with Crippen LogP contribution in [0.5, 0.6) is 0 Å². The molecule has 2 aliphatic heterocycles. The molecule has 2 saturated heterocycles. The smallest absolute Gasteiger partial charge is 0.306 e. The van der Waals surface area contributed by atoms with E-state index in [4.69, 9.17) is 28.4 Å². The van der Waals surface area contributed by atoms with Crippen LogP contribution in [0.15, 0.2) is 36.5 Å². The fraction of sp³-hybridized carbons (Fsp3) is 0.857. The van der Waals surface area contributed by atoms with Crippen molar-refractivity contribution < 1.29 is 69.0 Å². The fourth-order valence-electron chi connectivity index (χ4n) is 7.65. The molecule has 368 valence electrons. The fourth-order valence-corrected chi connectivity index (χ4v) is 7.65. The highest BCUT2D eigenvalue weighted by Crippen LogP contribution is 2.26. The number of ether oxygens (including phenoxy) is 6. The molecule has 11 atom stereocenters. The second-order valence-electron chi connectivity index (χ2n) is 17.3. The maximum atomic E-state index is 12.9. The van der Waals surface area contributed by atoms with Crippen LogP contribution in [0.1, 0.15) is 168 Å². The zero-order valence-electron chi connectivity index (χ0n) is 38.8. The summed E-state index contributed by atoms with van der Waals surface area (Å²) in [6, 6.07) is 0. The lowest BCUT2D eigenvalue weighted by atomic mass is 9.98. The molecule has 0 bridgehead atoms. The Morgan fingerprint density at radius 3 is 1.60 bits per heavy atom. The van der Waals surface area contributed by atoms with E-state index < -0.39 is 86.7 Å². The molecule has 2 fully saturated rings. The highest BCUT2D eigenvalue weighted by molar-refractivity contribution is 5.69. The first kappa shape index (κ1) is 57.3. The summed E-state index contributed by atoms with van der Waals surface area (Å²) < 4.78 is 34.2. The number of unbranched alkanes of at least 4 members (excludes halogenated alkanes) is 18. The first-order chi connectivity index (χ1) is 30.6. The molecule has 0 aromatic rings. The summed E-state index contributed by atoms with van der Waals surface area (Å²) in [6.45, 7) is 3.54. The van der Waals surface area contributed by atoms with Gasteiger partial charge >= 0.3 is 5.97 Å². The molecule has 11 unspecified atom stereocenters. The van der Waals surface area contributed by atoms with Gasteiger partial charge in [0, 0.05) is 13.0 Å². The third-order valence-corrected chi connectivity index (χ3v) is 11.7. The molecule has 14 nitrogen and oxygen atoms in total. The lowest BCUT2D eigenvalue weighted by molar-refractivity contribution is -0.332. The Morgan fingerprint density at radius 1 is 0.540 bits per heavy atom. The molecule has 0 radical (unpaired) electrons. The third-order valence-electron chi connectivity index (χ3n) is 11.7. The van der Waals surface area contributed by atoms with Crippen molar-refractivity contribution in [2.75, 3.05) is 33.0 Å². The predicted octanol–water partition coefficient (Wildman–Crippen LogP) is 6.63. The summed E-state index contributed by atoms with van der Waals surface area (Å²) in [4.78, 5) is 12.9. The molecule has 14 heteroatoms. The summed E-state index contributed by atoms with van der Waals surface area (Å²) in [5, 5.41) is 72.0. The average molecular weight is 901 g/mol. The van der Waals surface area contributed by atoms with E-state index in [2.05, 4.69) is 50.3 Å². The number of aliphatic hydroxyl groups excluding tert-OH is 7. The number of carbonyl (C=O) groups is 1. The van der Waals surface area contributed by atoms with Crippen molar-refractivity contribution in [1.82, 2.24) is 0 Å². The van der Waals surface area contributed by atoms with Crippen LogP contribution in [0.2, 0.25) is 0 Å². The van der Waals surface area contributed by atoms with Crippen molar-refractivity contribution in [2.45, 2.75) is 235 Å². The molecular weight excluding hydrogens is 813 g/mol. The first-order valence-corrected chi connectivity index (χ1v) is 24.6. The van der Waals surface area contributed by atoms with E-state index in [9.17, 15) is 40.5 Å². The zero-order chi connectivity index (χ0) is 45.9. The number of rotatable bonds is 38. The first-order valence-electron chi connectivity index (χ1n) is 24.6. The SMILES string of the molecule is CC/C=C\C/C=C\C/C=C\CCCCCC(=O)OC(COCCCCCCCCCCCCCCCCCC)COC1OC(COC2OC(CO)C(O)C(O)C2O)C(O)C(O)C1O. The minimum atomic E-state index is -1.71. The number of hydrogen-bond donors (Lipinski definition) is 7. The molecule has 0 aromatic carbocycles. The number of hydrogen-bond acceptors (Lipinski definition) is 14. The van der Waals surface area contributed by atoms with E-state index in [0.29, 0.717) is 13.0 Å². The highest BCUT2D eigenvalue weighted by atomic mass is 16.7. The van der Waals surface area contributed by atoms with Crippen LogP contribution in [0, 0.1) is 0 Å². The van der Waals surface area contributed by atoms with Gasteiger partial charge in [0.15, 0.2) is 12.6 Å². The molecule has 0 aromatic heterocycles. The normalized spacial score (nSPS) is 27.3. The largest absolute Gasteiger partial charge is 0.457 e. The van der Waals surface area contributed by atoms with Crippen molar-refractivity contribution in [3.8, 4) is 0 Å². The minimum Gasteiger partial charge on any atom is -0.457 e. The van der Waals surface area contributed by atoms with Gasteiger partial charge in [-0.25, -0.2) is 0 Å². The summed E-state index contributed by atoms with van der Waals surface area (Å²) in [6.07, 6.45) is 23.6. The van der Waals surface area contributed by atoms with Gasteiger partial charge in [0.1, 0.15) is 54.9 Å². The molecular formula is C49H88O14. The van der Waals surface area contributed by atoms with E-state index in [1.807, 2.05) is 0 Å². The molecule has 0 spiro atoms. The Bertz CT molecular complexity index is 1180. The van der Waals surface area contributed by atoms with Crippen molar-refractivity contribution in [3.05, 3.63) is 36.5 Å². The van der Waals surface area contributed by atoms with E-state index in [-0.39, 0.29) is 19.6 Å². The molecule has 0 saturated carbocycles. The van der Waals surface area contributed by atoms with Crippen LogP contribution >= 0.6 is 0 Å². The van der Waals surface area contributed by atoms with Crippen LogP contribution in [0.25, 0.3) is 0 Å². The van der Waals surface area contributed by atoms with Crippen LogP contribution in [-0.2, 0) is 33.2 Å². The summed E-state index contributed by atoms with van der Waals surface area (Å²) in [7, 11) is 0. The Labute approximate surface area is 379 Å². The molecule has 2 heterocycles. The summed E-state index contributed by atoms with van der Waals surface area (Å²) >= 11 is 0. The van der Waals surface area contributed by atoms with Gasteiger partial charge in [-0.05, 0) is 44.9 Å². The van der Waals surface area contributed by atoms with Gasteiger partial charge in [-0.15, -0.1) is 0 Å². The number of aliphatic hydroxyl groups is 7. The van der Waals surface area contributed by atoms with Crippen molar-refractivity contribution in [2.24, 2.45) is 0 Å². The average Bonchev–Trinajstić information content (AvgIpc) is 3.28. The van der Waals surface area contributed by atoms with Crippen molar-refractivity contribution >= 4 is 5.97 Å². The molecule has 2 rings (SSSR count). The van der Waals surface area contributed by atoms with E-state index in [0.717, 1.165) is 57.8 Å². The maximum absolute atomic E-state index is 12.9. The lowest BCUT2D eigenvalue weighted by Gasteiger charge is -2.42. The van der Waals surface area contributed by atoms with Crippen molar-refractivity contribution in [3.63, 3.8) is 0 Å². The van der Waals surface area contributed by atoms with Crippen molar-refractivity contribution in [1.29, 1.82) is 0 Å². The Hall–Kier alpha value is -1.79. The zero-order valence-corrected chi connectivity index (χ0v) is 38.8. The number of carbonyl (C=O) groups excluding carboxylic acids is 1.